The van der Waals surface area contributed by atoms with Crippen LogP contribution in [-0.4, -0.2) is 8.42 Å². The van der Waals surface area contributed by atoms with Crippen LogP contribution < -0.4 is 9.29 Å². The fourth-order valence-corrected chi connectivity index (χ4v) is 4.49. The number of nitrogens with one attached hydrogen (secondary N) is 1. The number of benzene rings is 3. The maximum atomic E-state index is 12.9. The van der Waals surface area contributed by atoms with Gasteiger partial charge >= 0.3 is 0 Å². The molecule has 0 bridgehead atoms. The maximum absolute atomic E-state index is 12.9. The summed E-state index contributed by atoms with van der Waals surface area (Å²) >= 11 is 3.47. The SMILES string of the molecule is Cc1ccc(S(=O)(=O)N/C=C(/c2ccc(Br)cc2)[n+]2ccccc2-c2ccccc2)cc1. The number of pyridine rings is 1. The number of sulfonamides is 1. The Balaban J connectivity index is 1.83. The van der Waals surface area contributed by atoms with Gasteiger partial charge in [0, 0.05) is 27.7 Å². The Bertz CT molecular complexity index is 1350. The molecule has 0 aliphatic carbocycles. The molecule has 1 N–H and O–H groups in total. The fourth-order valence-electron chi connectivity index (χ4n) is 3.33. The van der Waals surface area contributed by atoms with E-state index in [0.29, 0.717) is 5.70 Å². The molecule has 3 aromatic carbocycles. The van der Waals surface area contributed by atoms with Gasteiger partial charge in [0.2, 0.25) is 11.4 Å². The van der Waals surface area contributed by atoms with Crippen molar-refractivity contribution in [1.82, 2.24) is 4.72 Å². The van der Waals surface area contributed by atoms with Crippen LogP contribution in [0.5, 0.6) is 0 Å². The molecule has 0 aliphatic rings. The molecular formula is C26H22BrN2O2S+. The Labute approximate surface area is 197 Å². The van der Waals surface area contributed by atoms with E-state index >= 15 is 0 Å². The molecule has 6 heteroatoms. The number of hydrogen-bond donors (Lipinski definition) is 1. The molecule has 0 saturated carbocycles. The highest BCUT2D eigenvalue weighted by Gasteiger charge is 2.21. The molecule has 0 unspecified atom stereocenters. The average Bonchev–Trinajstić information content (AvgIpc) is 2.81. The van der Waals surface area contributed by atoms with Gasteiger partial charge in [-0.05, 0) is 61.5 Å². The Hall–Kier alpha value is -3.22. The van der Waals surface area contributed by atoms with E-state index in [4.69, 9.17) is 0 Å². The molecule has 0 aliphatic heterocycles. The first-order valence-electron chi connectivity index (χ1n) is 10.1. The lowest BCUT2D eigenvalue weighted by Gasteiger charge is -2.09. The number of rotatable bonds is 6. The smallest absolute Gasteiger partial charge is 0.261 e. The molecule has 4 nitrogen and oxygen atoms in total. The average molecular weight is 506 g/mol. The van der Waals surface area contributed by atoms with Crippen molar-refractivity contribution in [1.29, 1.82) is 0 Å². The topological polar surface area (TPSA) is 50.1 Å². The van der Waals surface area contributed by atoms with Gasteiger partial charge in [0.1, 0.15) is 0 Å². The zero-order chi connectivity index (χ0) is 22.6. The van der Waals surface area contributed by atoms with Gasteiger partial charge in [-0.25, -0.2) is 8.42 Å². The second kappa shape index (κ2) is 9.51. The van der Waals surface area contributed by atoms with Gasteiger partial charge in [-0.1, -0.05) is 51.8 Å². The van der Waals surface area contributed by atoms with Crippen molar-refractivity contribution in [2.75, 3.05) is 0 Å². The molecule has 0 saturated heterocycles. The lowest BCUT2D eigenvalue weighted by Crippen LogP contribution is -2.36. The van der Waals surface area contributed by atoms with Crippen LogP contribution in [0.1, 0.15) is 11.1 Å². The number of aromatic nitrogens is 1. The zero-order valence-corrected chi connectivity index (χ0v) is 19.8. The second-order valence-corrected chi connectivity index (χ2v) is 9.92. The molecule has 0 radical (unpaired) electrons. The molecule has 32 heavy (non-hydrogen) atoms. The number of hydrogen-bond acceptors (Lipinski definition) is 2. The fraction of sp³-hybridized carbons (Fsp3) is 0.0385. The quantitative estimate of drug-likeness (QED) is 0.350. The molecule has 0 fully saturated rings. The molecule has 0 spiro atoms. The minimum Gasteiger partial charge on any atom is -0.280 e. The van der Waals surface area contributed by atoms with Crippen molar-refractivity contribution in [3.63, 3.8) is 0 Å². The van der Waals surface area contributed by atoms with Crippen LogP contribution in [0.4, 0.5) is 0 Å². The third kappa shape index (κ3) is 4.98. The van der Waals surface area contributed by atoms with Crippen LogP contribution in [0.15, 0.2) is 119 Å². The van der Waals surface area contributed by atoms with E-state index in [1.54, 1.807) is 30.5 Å². The molecule has 0 atom stereocenters. The van der Waals surface area contributed by atoms with Crippen LogP contribution >= 0.6 is 15.9 Å². The van der Waals surface area contributed by atoms with Crippen molar-refractivity contribution in [3.05, 3.63) is 125 Å². The summed E-state index contributed by atoms with van der Waals surface area (Å²) in [7, 11) is -3.72. The summed E-state index contributed by atoms with van der Waals surface area (Å²) < 4.78 is 31.5. The lowest BCUT2D eigenvalue weighted by atomic mass is 10.1. The van der Waals surface area contributed by atoms with E-state index < -0.39 is 10.0 Å². The van der Waals surface area contributed by atoms with Crippen molar-refractivity contribution in [3.8, 4) is 11.3 Å². The van der Waals surface area contributed by atoms with Crippen molar-refractivity contribution < 1.29 is 13.0 Å². The first-order chi connectivity index (χ1) is 15.4. The van der Waals surface area contributed by atoms with Crippen molar-refractivity contribution in [2.24, 2.45) is 0 Å². The normalized spacial score (nSPS) is 11.9. The molecule has 0 amide bonds. The van der Waals surface area contributed by atoms with Crippen molar-refractivity contribution in [2.45, 2.75) is 11.8 Å². The largest absolute Gasteiger partial charge is 0.280 e. The number of aryl methyl sites for hydroxylation is 1. The van der Waals surface area contributed by atoms with Gasteiger partial charge in [0.15, 0.2) is 6.20 Å². The first-order valence-corrected chi connectivity index (χ1v) is 12.3. The Morgan fingerprint density at radius 1 is 0.844 bits per heavy atom. The van der Waals surface area contributed by atoms with E-state index in [9.17, 15) is 8.42 Å². The van der Waals surface area contributed by atoms with E-state index in [-0.39, 0.29) is 4.90 Å². The summed E-state index contributed by atoms with van der Waals surface area (Å²) in [6, 6.07) is 30.4. The van der Waals surface area contributed by atoms with Gasteiger partial charge in [0.25, 0.3) is 10.0 Å². The van der Waals surface area contributed by atoms with E-state index in [2.05, 4.69) is 20.7 Å². The van der Waals surface area contributed by atoms with Crippen LogP contribution in [0, 0.1) is 6.92 Å². The van der Waals surface area contributed by atoms with E-state index in [0.717, 1.165) is 26.9 Å². The molecule has 4 rings (SSSR count). The van der Waals surface area contributed by atoms with Gasteiger partial charge in [0.05, 0.1) is 11.1 Å². The Kier molecular flexibility index (Phi) is 6.53. The third-order valence-corrected chi connectivity index (χ3v) is 6.86. The Morgan fingerprint density at radius 3 is 2.19 bits per heavy atom. The lowest BCUT2D eigenvalue weighted by molar-refractivity contribution is -0.567. The first kappa shape index (κ1) is 22.0. The minimum atomic E-state index is -3.72. The van der Waals surface area contributed by atoms with Crippen LogP contribution in [0.3, 0.4) is 0 Å². The predicted octanol–water partition coefficient (Wildman–Crippen LogP) is 5.54. The van der Waals surface area contributed by atoms with Gasteiger partial charge in [-0.3, -0.25) is 4.72 Å². The zero-order valence-electron chi connectivity index (χ0n) is 17.4. The summed E-state index contributed by atoms with van der Waals surface area (Å²) in [4.78, 5) is 0.218. The summed E-state index contributed by atoms with van der Waals surface area (Å²) in [5.74, 6) is 0. The summed E-state index contributed by atoms with van der Waals surface area (Å²) in [5, 5.41) is 0. The van der Waals surface area contributed by atoms with Gasteiger partial charge in [-0.15, -0.1) is 0 Å². The molecule has 4 aromatic rings. The summed E-state index contributed by atoms with van der Waals surface area (Å²) in [6.45, 7) is 1.92. The highest BCUT2D eigenvalue weighted by atomic mass is 79.9. The van der Waals surface area contributed by atoms with Crippen LogP contribution in [0.25, 0.3) is 17.0 Å². The predicted molar refractivity (Wildman–Crippen MR) is 131 cm³/mol. The number of halogens is 1. The highest BCUT2D eigenvalue weighted by molar-refractivity contribution is 9.10. The minimum absolute atomic E-state index is 0.218. The van der Waals surface area contributed by atoms with E-state index in [1.165, 1.54) is 0 Å². The van der Waals surface area contributed by atoms with Crippen LogP contribution in [-0.2, 0) is 10.0 Å². The maximum Gasteiger partial charge on any atom is 0.261 e. The second-order valence-electron chi connectivity index (χ2n) is 7.29. The molecule has 1 aromatic heterocycles. The molecular weight excluding hydrogens is 484 g/mol. The van der Waals surface area contributed by atoms with E-state index in [1.807, 2.05) is 90.5 Å². The molecule has 160 valence electrons. The monoisotopic (exact) mass is 505 g/mol. The molecule has 1 heterocycles. The highest BCUT2D eigenvalue weighted by Crippen LogP contribution is 2.21. The standard InChI is InChI=1S/C26H22BrN2O2S/c1-20-10-16-24(17-11-20)32(30,31)28-19-26(22-12-14-23(27)15-13-22)29-18-6-5-9-25(29)21-7-3-2-4-8-21/h2-19,28H,1H3/q+1/b26-19-. The summed E-state index contributed by atoms with van der Waals surface area (Å²) in [5.41, 5.74) is 4.54. The Morgan fingerprint density at radius 2 is 1.50 bits per heavy atom. The van der Waals surface area contributed by atoms with Gasteiger partial charge in [-0.2, -0.15) is 4.57 Å². The summed E-state index contributed by atoms with van der Waals surface area (Å²) in [6.07, 6.45) is 3.47. The van der Waals surface area contributed by atoms with Crippen LogP contribution in [0.2, 0.25) is 0 Å². The van der Waals surface area contributed by atoms with Gasteiger partial charge < -0.3 is 0 Å². The third-order valence-electron chi connectivity index (χ3n) is 5.01. The van der Waals surface area contributed by atoms with Crippen molar-refractivity contribution >= 4 is 31.7 Å². The number of nitrogens with zero attached hydrogens (tertiary/aromatic N) is 1.